The summed E-state index contributed by atoms with van der Waals surface area (Å²) < 4.78 is 2.01. The standard InChI is InChI=1S/C20H25N3/c1-2-14-22(15-6-3-7-16-23-17-8-13-21-23)20-12-11-18-9-4-5-10-19(18)20/h1,4-5,8-10,13,17,20H,3,6-7,11-12,14-16H2. The van der Waals surface area contributed by atoms with Crippen molar-refractivity contribution in [2.75, 3.05) is 13.1 Å². The quantitative estimate of drug-likeness (QED) is 0.548. The first-order valence-corrected chi connectivity index (χ1v) is 8.61. The van der Waals surface area contributed by atoms with Gasteiger partial charge in [0, 0.05) is 25.0 Å². The Kier molecular flexibility index (Phi) is 5.50. The number of unbranched alkanes of at least 4 members (excludes halogenated alkanes) is 2. The molecule has 0 bridgehead atoms. The number of hydrogen-bond acceptors (Lipinski definition) is 2. The molecule has 0 saturated heterocycles. The van der Waals surface area contributed by atoms with Gasteiger partial charge in [0.05, 0.1) is 6.54 Å². The minimum atomic E-state index is 0.508. The van der Waals surface area contributed by atoms with Crippen LogP contribution in [0, 0.1) is 12.3 Å². The van der Waals surface area contributed by atoms with Gasteiger partial charge >= 0.3 is 0 Å². The van der Waals surface area contributed by atoms with Gasteiger partial charge in [-0.25, -0.2) is 0 Å². The minimum absolute atomic E-state index is 0.508. The summed E-state index contributed by atoms with van der Waals surface area (Å²) in [5.41, 5.74) is 2.98. The fourth-order valence-corrected chi connectivity index (χ4v) is 3.57. The molecule has 1 aliphatic rings. The van der Waals surface area contributed by atoms with Crippen molar-refractivity contribution in [1.82, 2.24) is 14.7 Å². The Hall–Kier alpha value is -2.05. The zero-order chi connectivity index (χ0) is 15.9. The summed E-state index contributed by atoms with van der Waals surface area (Å²) in [5.74, 6) is 2.85. The molecule has 0 N–H and O–H groups in total. The van der Waals surface area contributed by atoms with Gasteiger partial charge in [-0.05, 0) is 49.4 Å². The molecule has 1 aromatic carbocycles. The summed E-state index contributed by atoms with van der Waals surface area (Å²) in [4.78, 5) is 2.49. The SMILES string of the molecule is C#CCN(CCCCCn1cccn1)C1CCc2ccccc21. The van der Waals surface area contributed by atoms with Crippen molar-refractivity contribution in [2.45, 2.75) is 44.7 Å². The van der Waals surface area contributed by atoms with Gasteiger partial charge < -0.3 is 0 Å². The van der Waals surface area contributed by atoms with Gasteiger partial charge in [-0.2, -0.15) is 5.10 Å². The third-order valence-electron chi connectivity index (χ3n) is 4.73. The van der Waals surface area contributed by atoms with E-state index in [1.165, 1.54) is 43.2 Å². The lowest BCUT2D eigenvalue weighted by molar-refractivity contribution is 0.216. The maximum Gasteiger partial charge on any atom is 0.0604 e. The van der Waals surface area contributed by atoms with Crippen molar-refractivity contribution in [3.8, 4) is 12.3 Å². The molecule has 1 heterocycles. The van der Waals surface area contributed by atoms with Gasteiger partial charge in [-0.15, -0.1) is 6.42 Å². The van der Waals surface area contributed by atoms with Crippen LogP contribution in [-0.2, 0) is 13.0 Å². The molecule has 0 aliphatic heterocycles. The van der Waals surface area contributed by atoms with E-state index in [1.807, 2.05) is 23.1 Å². The van der Waals surface area contributed by atoms with Gasteiger partial charge in [0.15, 0.2) is 0 Å². The van der Waals surface area contributed by atoms with Crippen molar-refractivity contribution in [3.63, 3.8) is 0 Å². The van der Waals surface area contributed by atoms with E-state index in [4.69, 9.17) is 6.42 Å². The highest BCUT2D eigenvalue weighted by Gasteiger charge is 2.26. The lowest BCUT2D eigenvalue weighted by Gasteiger charge is -2.27. The highest BCUT2D eigenvalue weighted by Crippen LogP contribution is 2.35. The Morgan fingerprint density at radius 2 is 2.13 bits per heavy atom. The summed E-state index contributed by atoms with van der Waals surface area (Å²) in [7, 11) is 0. The van der Waals surface area contributed by atoms with E-state index in [1.54, 1.807) is 0 Å². The zero-order valence-electron chi connectivity index (χ0n) is 13.7. The lowest BCUT2D eigenvalue weighted by Crippen LogP contribution is -2.29. The number of nitrogens with zero attached hydrogens (tertiary/aromatic N) is 3. The maximum absolute atomic E-state index is 5.61. The molecule has 120 valence electrons. The number of aromatic nitrogens is 2. The summed E-state index contributed by atoms with van der Waals surface area (Å²) in [6, 6.07) is 11.3. The first-order valence-electron chi connectivity index (χ1n) is 8.61. The molecule has 1 atom stereocenters. The van der Waals surface area contributed by atoms with Crippen LogP contribution in [0.2, 0.25) is 0 Å². The van der Waals surface area contributed by atoms with Crippen LogP contribution in [-0.4, -0.2) is 27.8 Å². The molecule has 0 fully saturated rings. The number of fused-ring (bicyclic) bond motifs is 1. The molecule has 3 heteroatoms. The summed E-state index contributed by atoms with van der Waals surface area (Å²) in [6.07, 6.45) is 15.4. The van der Waals surface area contributed by atoms with Crippen LogP contribution in [0.5, 0.6) is 0 Å². The van der Waals surface area contributed by atoms with Crippen molar-refractivity contribution >= 4 is 0 Å². The zero-order valence-corrected chi connectivity index (χ0v) is 13.7. The van der Waals surface area contributed by atoms with E-state index < -0.39 is 0 Å². The maximum atomic E-state index is 5.61. The largest absolute Gasteiger partial charge is 0.285 e. The number of rotatable bonds is 8. The predicted octanol–water partition coefficient (Wildman–Crippen LogP) is 3.68. The summed E-state index contributed by atoms with van der Waals surface area (Å²) in [5, 5.41) is 4.25. The van der Waals surface area contributed by atoms with E-state index in [2.05, 4.69) is 40.2 Å². The molecule has 0 spiro atoms. The van der Waals surface area contributed by atoms with Gasteiger partial charge in [-0.3, -0.25) is 9.58 Å². The third-order valence-corrected chi connectivity index (χ3v) is 4.73. The highest BCUT2D eigenvalue weighted by atomic mass is 15.3. The topological polar surface area (TPSA) is 21.1 Å². The first kappa shape index (κ1) is 15.8. The molecule has 3 nitrogen and oxygen atoms in total. The molecular formula is C20H25N3. The summed E-state index contributed by atoms with van der Waals surface area (Å²) in [6.45, 7) is 2.84. The molecule has 1 aliphatic carbocycles. The second kappa shape index (κ2) is 7.99. The second-order valence-electron chi connectivity index (χ2n) is 6.26. The minimum Gasteiger partial charge on any atom is -0.285 e. The molecule has 1 unspecified atom stereocenters. The Bertz CT molecular complexity index is 639. The number of benzene rings is 1. The molecule has 0 radical (unpaired) electrons. The Morgan fingerprint density at radius 3 is 2.96 bits per heavy atom. The number of terminal acetylenes is 1. The van der Waals surface area contributed by atoms with E-state index >= 15 is 0 Å². The summed E-state index contributed by atoms with van der Waals surface area (Å²) >= 11 is 0. The smallest absolute Gasteiger partial charge is 0.0604 e. The molecule has 23 heavy (non-hydrogen) atoms. The highest BCUT2D eigenvalue weighted by molar-refractivity contribution is 5.34. The fraction of sp³-hybridized carbons (Fsp3) is 0.450. The van der Waals surface area contributed by atoms with E-state index in [0.717, 1.165) is 19.6 Å². The van der Waals surface area contributed by atoms with Crippen LogP contribution in [0.3, 0.4) is 0 Å². The van der Waals surface area contributed by atoms with Gasteiger partial charge in [-0.1, -0.05) is 36.6 Å². The van der Waals surface area contributed by atoms with Crippen molar-refractivity contribution < 1.29 is 0 Å². The van der Waals surface area contributed by atoms with Crippen molar-refractivity contribution in [1.29, 1.82) is 0 Å². The molecule has 2 aromatic rings. The average Bonchev–Trinajstić information content (AvgIpc) is 3.23. The van der Waals surface area contributed by atoms with Gasteiger partial charge in [0.25, 0.3) is 0 Å². The normalized spacial score (nSPS) is 16.4. The molecular weight excluding hydrogens is 282 g/mol. The molecule has 1 aromatic heterocycles. The lowest BCUT2D eigenvalue weighted by atomic mass is 10.1. The Morgan fingerprint density at radius 1 is 1.22 bits per heavy atom. The van der Waals surface area contributed by atoms with Crippen LogP contribution in [0.4, 0.5) is 0 Å². The van der Waals surface area contributed by atoms with Crippen LogP contribution >= 0.6 is 0 Å². The fourth-order valence-electron chi connectivity index (χ4n) is 3.57. The Balaban J connectivity index is 1.49. The third kappa shape index (κ3) is 4.03. The van der Waals surface area contributed by atoms with E-state index in [9.17, 15) is 0 Å². The predicted molar refractivity (Wildman–Crippen MR) is 94.0 cm³/mol. The van der Waals surface area contributed by atoms with E-state index in [-0.39, 0.29) is 0 Å². The van der Waals surface area contributed by atoms with Crippen LogP contribution in [0.15, 0.2) is 42.7 Å². The Labute approximate surface area is 139 Å². The monoisotopic (exact) mass is 307 g/mol. The number of aryl methyl sites for hydroxylation is 2. The van der Waals surface area contributed by atoms with Crippen molar-refractivity contribution in [3.05, 3.63) is 53.9 Å². The van der Waals surface area contributed by atoms with Crippen LogP contribution in [0.25, 0.3) is 0 Å². The average molecular weight is 307 g/mol. The molecule has 0 saturated carbocycles. The van der Waals surface area contributed by atoms with Gasteiger partial charge in [0.1, 0.15) is 0 Å². The van der Waals surface area contributed by atoms with Crippen LogP contribution < -0.4 is 0 Å². The second-order valence-corrected chi connectivity index (χ2v) is 6.26. The molecule has 3 rings (SSSR count). The number of hydrogen-bond donors (Lipinski definition) is 0. The van der Waals surface area contributed by atoms with Gasteiger partial charge in [0.2, 0.25) is 0 Å². The van der Waals surface area contributed by atoms with Crippen LogP contribution in [0.1, 0.15) is 42.9 Å². The van der Waals surface area contributed by atoms with Crippen molar-refractivity contribution in [2.24, 2.45) is 0 Å². The van der Waals surface area contributed by atoms with E-state index in [0.29, 0.717) is 6.04 Å². The molecule has 0 amide bonds. The first-order chi connectivity index (χ1) is 11.4.